The van der Waals surface area contributed by atoms with E-state index in [0.29, 0.717) is 31.2 Å². The van der Waals surface area contributed by atoms with Gasteiger partial charge in [0.05, 0.1) is 13.2 Å². The van der Waals surface area contributed by atoms with Gasteiger partial charge in [-0.15, -0.1) is 0 Å². The van der Waals surface area contributed by atoms with Crippen molar-refractivity contribution in [2.75, 3.05) is 0 Å². The number of halogens is 8. The van der Waals surface area contributed by atoms with Crippen molar-refractivity contribution in [1.29, 1.82) is 0 Å². The lowest BCUT2D eigenvalue weighted by Crippen LogP contribution is -2.04. The van der Waals surface area contributed by atoms with Gasteiger partial charge in [-0.25, -0.2) is 0 Å². The zero-order valence-electron chi connectivity index (χ0n) is 66.4. The average molecular weight is 1590 g/mol. The summed E-state index contributed by atoms with van der Waals surface area (Å²) in [6, 6.07) is 32.5. The number of unbranched alkanes of at least 4 members (excludes halogenated alkanes) is 12. The second-order valence-electron chi connectivity index (χ2n) is 27.9. The van der Waals surface area contributed by atoms with E-state index in [1.807, 2.05) is 77.9 Å². The normalized spacial score (nSPS) is 10.7. The number of hydrogen-bond donors (Lipinski definition) is 2. The van der Waals surface area contributed by atoms with Gasteiger partial charge in [0.2, 0.25) is 0 Å². The topological polar surface area (TPSA) is 74.6 Å². The van der Waals surface area contributed by atoms with Crippen LogP contribution in [0, 0.1) is 83.1 Å². The summed E-state index contributed by atoms with van der Waals surface area (Å²) in [4.78, 5) is 22.2. The van der Waals surface area contributed by atoms with Crippen molar-refractivity contribution < 1.29 is 19.8 Å². The van der Waals surface area contributed by atoms with Crippen LogP contribution in [0.3, 0.4) is 0 Å². The Morgan fingerprint density at radius 1 is 0.283 bits per heavy atom. The van der Waals surface area contributed by atoms with E-state index in [0.717, 1.165) is 150 Å². The van der Waals surface area contributed by atoms with Crippen LogP contribution in [0.15, 0.2) is 115 Å². The molecular weight excluding hydrogens is 1480 g/mol. The monoisotopic (exact) mass is 1590 g/mol. The Hall–Kier alpha value is -5.44. The number of carbonyl (C=O) groups is 2. The SMILES string of the molecule is CCCCCC=C(c1cc(C)c(C)c(Cl)c1)c1cc(C)c(C)c(Cl)c1.CCCCCC=C(c1cc(Cl)c(C)c(CC)c1)c1cc(Cl)c(C)c(CC)c1.CCCCCC=C(c1cc(Cl)c(C)c(CO)c1)c1cc(Cl)c(C)c(CO)c1.CCCCCC=O.Cc1cc(C(=O)c2cc(C)c(C)c(Cl)c2)cc(Cl)c1C. The molecule has 0 aliphatic rings. The average Bonchev–Trinajstić information content (AvgIpc) is 0.796. The van der Waals surface area contributed by atoms with Gasteiger partial charge in [-0.1, -0.05) is 228 Å². The molecule has 8 rings (SSSR count). The third kappa shape index (κ3) is 27.5. The molecule has 0 radical (unpaired) electrons. The summed E-state index contributed by atoms with van der Waals surface area (Å²) in [5.41, 5.74) is 28.5. The maximum Gasteiger partial charge on any atom is 0.193 e. The van der Waals surface area contributed by atoms with E-state index in [2.05, 4.69) is 150 Å². The molecule has 0 aliphatic carbocycles. The molecule has 0 spiro atoms. The summed E-state index contributed by atoms with van der Waals surface area (Å²) in [6.07, 6.45) is 28.0. The van der Waals surface area contributed by atoms with Crippen LogP contribution in [0.25, 0.3) is 16.7 Å². The van der Waals surface area contributed by atoms with E-state index in [-0.39, 0.29) is 19.0 Å². The van der Waals surface area contributed by atoms with E-state index in [4.69, 9.17) is 92.8 Å². The van der Waals surface area contributed by atoms with E-state index in [1.54, 1.807) is 12.1 Å². The number of aldehydes is 1. The summed E-state index contributed by atoms with van der Waals surface area (Å²) < 4.78 is 0. The Kier molecular flexibility index (Phi) is 41.7. The molecule has 0 saturated heterocycles. The summed E-state index contributed by atoms with van der Waals surface area (Å²) in [6.45, 7) is 37.2. The molecule has 0 saturated carbocycles. The van der Waals surface area contributed by atoms with Crippen LogP contribution in [-0.2, 0) is 30.8 Å². The Labute approximate surface area is 678 Å². The lowest BCUT2D eigenvalue weighted by Gasteiger charge is -2.16. The quantitative estimate of drug-likeness (QED) is 0.0291. The summed E-state index contributed by atoms with van der Waals surface area (Å²) >= 11 is 51.3. The molecule has 0 unspecified atom stereocenters. The Morgan fingerprint density at radius 2 is 0.491 bits per heavy atom. The first-order valence-electron chi connectivity index (χ1n) is 38.0. The number of benzene rings is 8. The van der Waals surface area contributed by atoms with Gasteiger partial charge in [-0.05, 0) is 353 Å². The molecule has 106 heavy (non-hydrogen) atoms. The van der Waals surface area contributed by atoms with E-state index < -0.39 is 0 Å². The van der Waals surface area contributed by atoms with E-state index in [1.165, 1.54) is 131 Å². The van der Waals surface area contributed by atoms with Gasteiger partial charge in [-0.2, -0.15) is 0 Å². The second-order valence-corrected chi connectivity index (χ2v) is 31.2. The van der Waals surface area contributed by atoms with Crippen molar-refractivity contribution in [2.45, 2.75) is 253 Å². The molecule has 0 fully saturated rings. The van der Waals surface area contributed by atoms with Crippen molar-refractivity contribution in [3.8, 4) is 0 Å². The van der Waals surface area contributed by atoms with Gasteiger partial charge in [0.25, 0.3) is 0 Å². The fourth-order valence-corrected chi connectivity index (χ4v) is 14.3. The lowest BCUT2D eigenvalue weighted by atomic mass is 9.90. The van der Waals surface area contributed by atoms with Crippen molar-refractivity contribution in [2.24, 2.45) is 0 Å². The Bertz CT molecular complexity index is 3870. The molecule has 0 heterocycles. The lowest BCUT2D eigenvalue weighted by molar-refractivity contribution is -0.107. The second kappa shape index (κ2) is 47.6. The number of rotatable bonds is 28. The minimum atomic E-state index is -0.0565. The molecule has 8 aromatic carbocycles. The molecule has 2 N–H and O–H groups in total. The van der Waals surface area contributed by atoms with Crippen molar-refractivity contribution in [1.82, 2.24) is 0 Å². The Balaban J connectivity index is 0.000000291. The van der Waals surface area contributed by atoms with E-state index >= 15 is 0 Å². The molecule has 572 valence electrons. The molecular formula is C94H116Cl8O4. The largest absolute Gasteiger partial charge is 0.392 e. The van der Waals surface area contributed by atoms with Gasteiger partial charge in [0.15, 0.2) is 5.78 Å². The molecule has 0 aliphatic heterocycles. The minimum Gasteiger partial charge on any atom is -0.392 e. The molecule has 0 amide bonds. The molecule has 8 aromatic rings. The number of allylic oxidation sites excluding steroid dienone is 3. The molecule has 12 heteroatoms. The Morgan fingerprint density at radius 3 is 0.717 bits per heavy atom. The molecule has 0 atom stereocenters. The smallest absolute Gasteiger partial charge is 0.193 e. The summed E-state index contributed by atoms with van der Waals surface area (Å²) in [5, 5.41) is 25.2. The number of carbonyl (C=O) groups excluding carboxylic acids is 2. The zero-order chi connectivity index (χ0) is 79.1. The fraction of sp³-hybridized carbons (Fsp3) is 0.404. The maximum atomic E-state index is 12.6. The number of aliphatic hydroxyl groups is 2. The van der Waals surface area contributed by atoms with Crippen LogP contribution in [0.4, 0.5) is 0 Å². The fourth-order valence-electron chi connectivity index (χ4n) is 12.2. The maximum absolute atomic E-state index is 12.6. The first kappa shape index (κ1) is 92.9. The van der Waals surface area contributed by atoms with Gasteiger partial charge in [0, 0.05) is 57.7 Å². The highest BCUT2D eigenvalue weighted by Gasteiger charge is 2.19. The molecule has 4 nitrogen and oxygen atoms in total. The summed E-state index contributed by atoms with van der Waals surface area (Å²) in [7, 11) is 0. The third-order valence-corrected chi connectivity index (χ3v) is 23.3. The highest BCUT2D eigenvalue weighted by Crippen LogP contribution is 2.38. The summed E-state index contributed by atoms with van der Waals surface area (Å²) in [5.74, 6) is -0.0556. The predicted octanol–water partition coefficient (Wildman–Crippen LogP) is 30.8. The minimum absolute atomic E-state index is 0.0556. The van der Waals surface area contributed by atoms with Crippen LogP contribution in [0.5, 0.6) is 0 Å². The number of hydrogen-bond acceptors (Lipinski definition) is 4. The highest BCUT2D eigenvalue weighted by molar-refractivity contribution is 6.34. The van der Waals surface area contributed by atoms with Gasteiger partial charge >= 0.3 is 0 Å². The number of ketones is 1. The highest BCUT2D eigenvalue weighted by atomic mass is 35.5. The number of aryl methyl sites for hydroxylation is 6. The van der Waals surface area contributed by atoms with Gasteiger partial charge in [0.1, 0.15) is 6.29 Å². The predicted molar refractivity (Wildman–Crippen MR) is 466 cm³/mol. The van der Waals surface area contributed by atoms with Crippen LogP contribution >= 0.6 is 92.8 Å². The van der Waals surface area contributed by atoms with E-state index in [9.17, 15) is 19.8 Å². The van der Waals surface area contributed by atoms with Gasteiger partial charge in [-0.3, -0.25) is 4.79 Å². The number of aliphatic hydroxyl groups excluding tert-OH is 2. The zero-order valence-corrected chi connectivity index (χ0v) is 72.5. The van der Waals surface area contributed by atoms with Crippen LogP contribution in [0.2, 0.25) is 40.2 Å². The molecule has 0 bridgehead atoms. The first-order chi connectivity index (χ1) is 50.4. The van der Waals surface area contributed by atoms with Crippen LogP contribution in [-0.4, -0.2) is 22.3 Å². The van der Waals surface area contributed by atoms with Crippen LogP contribution in [0.1, 0.15) is 283 Å². The van der Waals surface area contributed by atoms with Gasteiger partial charge < -0.3 is 15.0 Å². The van der Waals surface area contributed by atoms with Crippen molar-refractivity contribution in [3.63, 3.8) is 0 Å². The molecule has 0 aromatic heterocycles. The van der Waals surface area contributed by atoms with Crippen molar-refractivity contribution >= 4 is 122 Å². The van der Waals surface area contributed by atoms with Crippen LogP contribution < -0.4 is 0 Å². The standard InChI is InChI=1S/C25H32Cl2.C23H28Cl2O2.C23H28Cl2.C17H16Cl2O.C6H12O/c1-6-9-10-11-12-23(21-13-19(7-2)17(4)24(26)15-21)22-14-20(8-3)18(5)25(27)16-22;1-4-5-6-7-8-21(17-9-19(13-26)15(2)22(24)11-17)18-10-20(14-27)16(3)23(25)12-18;1-6-7-8-9-10-21(19-11-15(2)17(4)22(24)13-19)20-12-16(3)18(5)23(25)14-20;1-9-5-13(7-15(18)11(9)3)17(20)14-6-10(2)12(4)16(19)8-14;1-2-3-4-5-6-7/h12-16H,6-11H2,1-5H3;8-12,26-27H,4-7,13-14H2,1-3H3;10-14H,6-9H2,1-5H3;5-8H,1-4H3;6H,2-5H2,1H3. The van der Waals surface area contributed by atoms with Crippen molar-refractivity contribution in [3.05, 3.63) is 289 Å². The third-order valence-electron chi connectivity index (χ3n) is 20.1. The first-order valence-corrected chi connectivity index (χ1v) is 41.0.